The van der Waals surface area contributed by atoms with Gasteiger partial charge in [0.15, 0.2) is 11.5 Å². The minimum atomic E-state index is -4.01. The maximum atomic E-state index is 11.9. The van der Waals surface area contributed by atoms with Gasteiger partial charge in [-0.3, -0.25) is 4.79 Å². The van der Waals surface area contributed by atoms with Gasteiger partial charge in [0, 0.05) is 20.6 Å². The molecule has 0 aliphatic heterocycles. The van der Waals surface area contributed by atoms with E-state index in [0.717, 1.165) is 4.31 Å². The average Bonchev–Trinajstić information content (AvgIpc) is 2.48. The number of aliphatic hydroxyl groups is 1. The maximum absolute atomic E-state index is 11.9. The van der Waals surface area contributed by atoms with E-state index < -0.39 is 28.3 Å². The Bertz CT molecular complexity index is 673. The lowest BCUT2D eigenvalue weighted by atomic mass is 10.1. The third-order valence-electron chi connectivity index (χ3n) is 3.07. The van der Waals surface area contributed by atoms with Crippen molar-refractivity contribution in [2.45, 2.75) is 20.0 Å². The third-order valence-corrected chi connectivity index (χ3v) is 4.36. The van der Waals surface area contributed by atoms with Crippen molar-refractivity contribution in [3.63, 3.8) is 0 Å². The van der Waals surface area contributed by atoms with E-state index >= 15 is 0 Å². The van der Waals surface area contributed by atoms with E-state index in [1.807, 2.05) is 0 Å². The number of carbonyl (C=O) groups excluding carboxylic acids is 1. The van der Waals surface area contributed by atoms with Crippen molar-refractivity contribution in [1.82, 2.24) is 9.62 Å². The van der Waals surface area contributed by atoms with Gasteiger partial charge in [-0.1, -0.05) is 19.9 Å². The lowest BCUT2D eigenvalue weighted by Gasteiger charge is -2.17. The summed E-state index contributed by atoms with van der Waals surface area (Å²) in [5.41, 5.74) is 0.463. The number of rotatable bonds is 8. The molecule has 0 radical (unpaired) electrons. The van der Waals surface area contributed by atoms with Crippen molar-refractivity contribution in [2.24, 2.45) is 5.92 Å². The Morgan fingerprint density at radius 1 is 1.29 bits per heavy atom. The summed E-state index contributed by atoms with van der Waals surface area (Å²) >= 11 is 0. The molecule has 136 valence electrons. The molecule has 0 bridgehead atoms. The molecule has 1 aromatic carbocycles. The van der Waals surface area contributed by atoms with Crippen LogP contribution in [0.5, 0.6) is 11.5 Å². The SMILES string of the molecule is CNCC(O)c1ccc(OS(=O)(=O)N(C)C)c(OC(=O)C(C)C)c1. The fourth-order valence-electron chi connectivity index (χ4n) is 1.61. The number of aliphatic hydroxyl groups excluding tert-OH is 1. The summed E-state index contributed by atoms with van der Waals surface area (Å²) in [4.78, 5) is 11.9. The molecule has 0 amide bonds. The Morgan fingerprint density at radius 3 is 2.42 bits per heavy atom. The highest BCUT2D eigenvalue weighted by atomic mass is 32.2. The van der Waals surface area contributed by atoms with Crippen molar-refractivity contribution in [3.05, 3.63) is 23.8 Å². The van der Waals surface area contributed by atoms with Crippen LogP contribution >= 0.6 is 0 Å². The second-order valence-corrected chi connectivity index (χ2v) is 7.43. The van der Waals surface area contributed by atoms with Crippen molar-refractivity contribution >= 4 is 16.3 Å². The van der Waals surface area contributed by atoms with Gasteiger partial charge in [-0.15, -0.1) is 0 Å². The van der Waals surface area contributed by atoms with Crippen LogP contribution in [0.1, 0.15) is 25.5 Å². The van der Waals surface area contributed by atoms with Gasteiger partial charge >= 0.3 is 16.3 Å². The first-order chi connectivity index (χ1) is 11.1. The zero-order valence-corrected chi connectivity index (χ0v) is 15.3. The number of hydrogen-bond donors (Lipinski definition) is 2. The molecule has 0 spiro atoms. The van der Waals surface area contributed by atoms with Gasteiger partial charge in [0.25, 0.3) is 0 Å². The van der Waals surface area contributed by atoms with Gasteiger partial charge in [-0.05, 0) is 24.7 Å². The largest absolute Gasteiger partial charge is 0.422 e. The van der Waals surface area contributed by atoms with Crippen molar-refractivity contribution < 1.29 is 27.2 Å². The van der Waals surface area contributed by atoms with Gasteiger partial charge in [0.05, 0.1) is 12.0 Å². The molecule has 24 heavy (non-hydrogen) atoms. The second kappa shape index (κ2) is 8.43. The summed E-state index contributed by atoms with van der Waals surface area (Å²) in [7, 11) is 0.318. The summed E-state index contributed by atoms with van der Waals surface area (Å²) in [5.74, 6) is -1.14. The van der Waals surface area contributed by atoms with E-state index in [-0.39, 0.29) is 18.0 Å². The monoisotopic (exact) mass is 360 g/mol. The van der Waals surface area contributed by atoms with E-state index in [9.17, 15) is 18.3 Å². The third kappa shape index (κ3) is 5.45. The van der Waals surface area contributed by atoms with Crippen LogP contribution in [-0.2, 0) is 15.1 Å². The van der Waals surface area contributed by atoms with Crippen LogP contribution in [0.4, 0.5) is 0 Å². The van der Waals surface area contributed by atoms with E-state index in [1.165, 1.54) is 32.3 Å². The maximum Gasteiger partial charge on any atom is 0.384 e. The quantitative estimate of drug-likeness (QED) is 0.519. The Morgan fingerprint density at radius 2 is 1.92 bits per heavy atom. The van der Waals surface area contributed by atoms with E-state index in [2.05, 4.69) is 5.32 Å². The molecular weight excluding hydrogens is 336 g/mol. The van der Waals surface area contributed by atoms with Crippen molar-refractivity contribution in [2.75, 3.05) is 27.7 Å². The Hall–Kier alpha value is -1.68. The molecule has 1 atom stereocenters. The first-order valence-electron chi connectivity index (χ1n) is 7.38. The summed E-state index contributed by atoms with van der Waals surface area (Å²) in [5, 5.41) is 12.9. The van der Waals surface area contributed by atoms with Crippen LogP contribution < -0.4 is 14.2 Å². The fourth-order valence-corrected chi connectivity index (χ4v) is 2.12. The molecule has 0 saturated carbocycles. The van der Waals surface area contributed by atoms with Gasteiger partial charge in [0.2, 0.25) is 0 Å². The standard InChI is InChI=1S/C15H24N2O6S/c1-10(2)15(19)22-14-8-11(12(18)9-16-3)6-7-13(14)23-24(20,21)17(4)5/h6-8,10,12,16,18H,9H2,1-5H3. The Balaban J connectivity index is 3.24. The highest BCUT2D eigenvalue weighted by Gasteiger charge is 2.22. The zero-order valence-electron chi connectivity index (χ0n) is 14.4. The van der Waals surface area contributed by atoms with Crippen LogP contribution in [0.25, 0.3) is 0 Å². The topological polar surface area (TPSA) is 105 Å². The van der Waals surface area contributed by atoms with E-state index in [0.29, 0.717) is 5.56 Å². The van der Waals surface area contributed by atoms with Crippen LogP contribution in [0.15, 0.2) is 18.2 Å². The summed E-state index contributed by atoms with van der Waals surface area (Å²) < 4.78 is 34.9. The molecular formula is C15H24N2O6S. The number of hydrogen-bond acceptors (Lipinski definition) is 7. The van der Waals surface area contributed by atoms with Crippen molar-refractivity contribution in [1.29, 1.82) is 0 Å². The van der Waals surface area contributed by atoms with Crippen LogP contribution in [0.3, 0.4) is 0 Å². The van der Waals surface area contributed by atoms with Gasteiger partial charge in [0.1, 0.15) is 0 Å². The summed E-state index contributed by atoms with van der Waals surface area (Å²) in [6.45, 7) is 3.59. The molecule has 1 aromatic rings. The number of benzene rings is 1. The Labute approximate surface area is 142 Å². The lowest BCUT2D eigenvalue weighted by Crippen LogP contribution is -2.27. The molecule has 8 nitrogen and oxygen atoms in total. The minimum absolute atomic E-state index is 0.0632. The molecule has 0 heterocycles. The number of ether oxygens (including phenoxy) is 1. The molecule has 2 N–H and O–H groups in total. The van der Waals surface area contributed by atoms with Gasteiger partial charge < -0.3 is 19.3 Å². The highest BCUT2D eigenvalue weighted by molar-refractivity contribution is 7.84. The first-order valence-corrected chi connectivity index (χ1v) is 8.75. The number of likely N-dealkylation sites (N-methyl/N-ethyl adjacent to an activating group) is 1. The lowest BCUT2D eigenvalue weighted by molar-refractivity contribution is -0.137. The number of carbonyl (C=O) groups is 1. The molecule has 9 heteroatoms. The first kappa shape index (κ1) is 20.4. The number of nitrogens with one attached hydrogen (secondary N) is 1. The predicted octanol–water partition coefficient (Wildman–Crippen LogP) is 0.686. The molecule has 1 unspecified atom stereocenters. The number of esters is 1. The summed E-state index contributed by atoms with van der Waals surface area (Å²) in [6.07, 6.45) is -0.842. The fraction of sp³-hybridized carbons (Fsp3) is 0.533. The van der Waals surface area contributed by atoms with Crippen molar-refractivity contribution in [3.8, 4) is 11.5 Å². The number of nitrogens with zero attached hydrogens (tertiary/aromatic N) is 1. The summed E-state index contributed by atoms with van der Waals surface area (Å²) in [6, 6.07) is 4.25. The average molecular weight is 360 g/mol. The smallest absolute Gasteiger partial charge is 0.384 e. The molecule has 1 rings (SSSR count). The van der Waals surface area contributed by atoms with Crippen LogP contribution in [0, 0.1) is 5.92 Å². The van der Waals surface area contributed by atoms with Crippen LogP contribution in [0.2, 0.25) is 0 Å². The van der Waals surface area contributed by atoms with Crippen LogP contribution in [-0.4, -0.2) is 51.5 Å². The van der Waals surface area contributed by atoms with Gasteiger partial charge in [-0.25, -0.2) is 0 Å². The second-order valence-electron chi connectivity index (χ2n) is 5.68. The predicted molar refractivity (Wildman–Crippen MR) is 89.0 cm³/mol. The molecule has 0 aliphatic rings. The minimum Gasteiger partial charge on any atom is -0.422 e. The highest BCUT2D eigenvalue weighted by Crippen LogP contribution is 2.32. The normalized spacial score (nSPS) is 13.2. The zero-order chi connectivity index (χ0) is 18.5. The molecule has 0 aromatic heterocycles. The van der Waals surface area contributed by atoms with E-state index in [4.69, 9.17) is 8.92 Å². The van der Waals surface area contributed by atoms with Gasteiger partial charge in [-0.2, -0.15) is 12.7 Å². The Kier molecular flexibility index (Phi) is 7.15. The molecule has 0 fully saturated rings. The molecule has 0 aliphatic carbocycles. The van der Waals surface area contributed by atoms with E-state index in [1.54, 1.807) is 20.9 Å². The molecule has 0 saturated heterocycles.